The summed E-state index contributed by atoms with van der Waals surface area (Å²) in [5.41, 5.74) is 1.26. The van der Waals surface area contributed by atoms with Gasteiger partial charge in [0.15, 0.2) is 0 Å². The highest BCUT2D eigenvalue weighted by Gasteiger charge is 2.18. The third kappa shape index (κ3) is 4.06. The second-order valence-corrected chi connectivity index (χ2v) is 6.14. The van der Waals surface area contributed by atoms with E-state index in [1.165, 1.54) is 37.8 Å². The van der Waals surface area contributed by atoms with E-state index in [9.17, 15) is 9.18 Å². The molecule has 0 radical (unpaired) electrons. The monoisotopic (exact) mass is 277 g/mol. The molecule has 0 spiro atoms. The fourth-order valence-corrected chi connectivity index (χ4v) is 3.19. The van der Waals surface area contributed by atoms with Gasteiger partial charge in [0.2, 0.25) is 0 Å². The van der Waals surface area contributed by atoms with Crippen LogP contribution < -0.4 is 5.32 Å². The van der Waals surface area contributed by atoms with Gasteiger partial charge in [0.05, 0.1) is 0 Å². The van der Waals surface area contributed by atoms with Crippen LogP contribution >= 0.6 is 0 Å². The van der Waals surface area contributed by atoms with Crippen LogP contribution in [0.4, 0.5) is 4.39 Å². The molecule has 0 saturated heterocycles. The highest BCUT2D eigenvalue weighted by atomic mass is 19.1. The first kappa shape index (κ1) is 15.0. The van der Waals surface area contributed by atoms with Crippen molar-refractivity contribution in [2.24, 2.45) is 11.8 Å². The highest BCUT2D eigenvalue weighted by Crippen LogP contribution is 2.30. The molecule has 0 bridgehead atoms. The van der Waals surface area contributed by atoms with Crippen molar-refractivity contribution in [1.29, 1.82) is 0 Å². The Balaban J connectivity index is 1.80. The van der Waals surface area contributed by atoms with Crippen molar-refractivity contribution < 1.29 is 9.18 Å². The minimum Gasteiger partial charge on any atom is -0.352 e. The van der Waals surface area contributed by atoms with Gasteiger partial charge in [-0.15, -0.1) is 0 Å². The molecule has 1 aromatic carbocycles. The van der Waals surface area contributed by atoms with E-state index in [2.05, 4.69) is 12.2 Å². The largest absolute Gasteiger partial charge is 0.352 e. The van der Waals surface area contributed by atoms with E-state index in [1.54, 1.807) is 13.0 Å². The lowest BCUT2D eigenvalue weighted by Gasteiger charge is -2.26. The zero-order chi connectivity index (χ0) is 14.5. The van der Waals surface area contributed by atoms with Gasteiger partial charge < -0.3 is 5.32 Å². The number of benzene rings is 1. The van der Waals surface area contributed by atoms with Gasteiger partial charge in [-0.2, -0.15) is 0 Å². The average Bonchev–Trinajstić information content (AvgIpc) is 2.38. The van der Waals surface area contributed by atoms with E-state index in [4.69, 9.17) is 0 Å². The maximum absolute atomic E-state index is 13.0. The Kier molecular flexibility index (Phi) is 5.16. The first-order valence-corrected chi connectivity index (χ1v) is 7.60. The third-order valence-corrected chi connectivity index (χ3v) is 4.32. The Labute approximate surface area is 120 Å². The fourth-order valence-electron chi connectivity index (χ4n) is 3.19. The molecule has 3 heteroatoms. The van der Waals surface area contributed by atoms with E-state index in [-0.39, 0.29) is 11.7 Å². The first-order valence-electron chi connectivity index (χ1n) is 7.60. The Morgan fingerprint density at radius 2 is 2.20 bits per heavy atom. The minimum atomic E-state index is -0.296. The van der Waals surface area contributed by atoms with Gasteiger partial charge in [-0.3, -0.25) is 4.79 Å². The Bertz CT molecular complexity index is 472. The number of aryl methyl sites for hydroxylation is 1. The van der Waals surface area contributed by atoms with E-state index in [0.717, 1.165) is 18.3 Å². The molecule has 0 heterocycles. The van der Waals surface area contributed by atoms with Crippen molar-refractivity contribution in [2.45, 2.75) is 46.0 Å². The summed E-state index contributed by atoms with van der Waals surface area (Å²) in [7, 11) is 0. The predicted octanol–water partition coefficient (Wildman–Crippen LogP) is 4.08. The maximum Gasteiger partial charge on any atom is 0.251 e. The SMILES string of the molecule is Cc1cc(F)ccc1C(=O)NCCC1CCCC(C)C1. The molecule has 1 aliphatic carbocycles. The summed E-state index contributed by atoms with van der Waals surface area (Å²) in [5, 5.41) is 2.96. The van der Waals surface area contributed by atoms with E-state index >= 15 is 0 Å². The van der Waals surface area contributed by atoms with Gasteiger partial charge in [-0.05, 0) is 55.4 Å². The lowest BCUT2D eigenvalue weighted by atomic mass is 9.81. The molecule has 2 unspecified atom stereocenters. The maximum atomic E-state index is 13.0. The third-order valence-electron chi connectivity index (χ3n) is 4.32. The van der Waals surface area contributed by atoms with Crippen LogP contribution in [-0.4, -0.2) is 12.5 Å². The van der Waals surface area contributed by atoms with Gasteiger partial charge >= 0.3 is 0 Å². The molecule has 20 heavy (non-hydrogen) atoms. The number of hydrogen-bond donors (Lipinski definition) is 1. The summed E-state index contributed by atoms with van der Waals surface area (Å²) in [4.78, 5) is 12.0. The van der Waals surface area contributed by atoms with Crippen LogP contribution in [0.15, 0.2) is 18.2 Å². The molecule has 0 aliphatic heterocycles. The minimum absolute atomic E-state index is 0.0913. The Morgan fingerprint density at radius 1 is 1.40 bits per heavy atom. The summed E-state index contributed by atoms with van der Waals surface area (Å²) in [5.74, 6) is 1.18. The van der Waals surface area contributed by atoms with Crippen molar-refractivity contribution in [3.8, 4) is 0 Å². The average molecular weight is 277 g/mol. The molecular formula is C17H24FNO. The molecule has 2 rings (SSSR count). The second kappa shape index (κ2) is 6.87. The number of carbonyl (C=O) groups is 1. The fraction of sp³-hybridized carbons (Fsp3) is 0.588. The number of nitrogens with one attached hydrogen (secondary N) is 1. The molecule has 110 valence electrons. The number of amides is 1. The molecule has 1 N–H and O–H groups in total. The molecule has 1 fully saturated rings. The molecule has 1 aliphatic rings. The van der Waals surface area contributed by atoms with Crippen molar-refractivity contribution >= 4 is 5.91 Å². The quantitative estimate of drug-likeness (QED) is 0.882. The molecule has 2 nitrogen and oxygen atoms in total. The van der Waals surface area contributed by atoms with Crippen LogP contribution in [0.2, 0.25) is 0 Å². The van der Waals surface area contributed by atoms with Gasteiger partial charge in [0, 0.05) is 12.1 Å². The predicted molar refractivity (Wildman–Crippen MR) is 79.2 cm³/mol. The summed E-state index contributed by atoms with van der Waals surface area (Å²) >= 11 is 0. The first-order chi connectivity index (χ1) is 9.56. The number of halogens is 1. The molecule has 0 aromatic heterocycles. The summed E-state index contributed by atoms with van der Waals surface area (Å²) in [6.45, 7) is 4.79. The van der Waals surface area contributed by atoms with Crippen LogP contribution in [0.25, 0.3) is 0 Å². The molecule has 1 saturated carbocycles. The molecular weight excluding hydrogens is 253 g/mol. The van der Waals surface area contributed by atoms with Gasteiger partial charge in [-0.1, -0.05) is 26.2 Å². The Morgan fingerprint density at radius 3 is 2.90 bits per heavy atom. The summed E-state index contributed by atoms with van der Waals surface area (Å²) in [6.07, 6.45) is 6.28. The highest BCUT2D eigenvalue weighted by molar-refractivity contribution is 5.95. The van der Waals surface area contributed by atoms with E-state index < -0.39 is 0 Å². The van der Waals surface area contributed by atoms with Crippen molar-refractivity contribution in [2.75, 3.05) is 6.54 Å². The van der Waals surface area contributed by atoms with Crippen LogP contribution in [0.5, 0.6) is 0 Å². The van der Waals surface area contributed by atoms with Crippen LogP contribution in [0.1, 0.15) is 54.9 Å². The number of carbonyl (C=O) groups excluding carboxylic acids is 1. The number of hydrogen-bond acceptors (Lipinski definition) is 1. The smallest absolute Gasteiger partial charge is 0.251 e. The second-order valence-electron chi connectivity index (χ2n) is 6.14. The zero-order valence-corrected chi connectivity index (χ0v) is 12.4. The Hall–Kier alpha value is -1.38. The standard InChI is InChI=1S/C17H24FNO/c1-12-4-3-5-14(10-12)8-9-19-17(20)16-7-6-15(18)11-13(16)2/h6-7,11-12,14H,3-5,8-10H2,1-2H3,(H,19,20). The van der Waals surface area contributed by atoms with Crippen molar-refractivity contribution in [3.05, 3.63) is 35.1 Å². The molecule has 2 atom stereocenters. The molecule has 1 aromatic rings. The van der Waals surface area contributed by atoms with Crippen LogP contribution in [-0.2, 0) is 0 Å². The zero-order valence-electron chi connectivity index (χ0n) is 12.4. The van der Waals surface area contributed by atoms with Crippen molar-refractivity contribution in [3.63, 3.8) is 0 Å². The molecule has 1 amide bonds. The van der Waals surface area contributed by atoms with E-state index in [0.29, 0.717) is 17.7 Å². The van der Waals surface area contributed by atoms with Crippen molar-refractivity contribution in [1.82, 2.24) is 5.32 Å². The van der Waals surface area contributed by atoms with Gasteiger partial charge in [0.1, 0.15) is 5.82 Å². The normalized spacial score (nSPS) is 22.6. The number of rotatable bonds is 4. The van der Waals surface area contributed by atoms with Gasteiger partial charge in [-0.25, -0.2) is 4.39 Å². The van der Waals surface area contributed by atoms with Gasteiger partial charge in [0.25, 0.3) is 5.91 Å². The topological polar surface area (TPSA) is 29.1 Å². The summed E-state index contributed by atoms with van der Waals surface area (Å²) < 4.78 is 13.0. The van der Waals surface area contributed by atoms with Crippen LogP contribution in [0.3, 0.4) is 0 Å². The van der Waals surface area contributed by atoms with E-state index in [1.807, 2.05) is 0 Å². The lowest BCUT2D eigenvalue weighted by Crippen LogP contribution is -2.27. The van der Waals surface area contributed by atoms with Crippen LogP contribution in [0, 0.1) is 24.6 Å². The lowest BCUT2D eigenvalue weighted by molar-refractivity contribution is 0.0949. The summed E-state index contributed by atoms with van der Waals surface area (Å²) in [6, 6.07) is 4.30.